The van der Waals surface area contributed by atoms with Crippen LogP contribution in [-0.2, 0) is 6.42 Å². The second-order valence-electron chi connectivity index (χ2n) is 8.94. The summed E-state index contributed by atoms with van der Waals surface area (Å²) in [4.78, 5) is 19.8. The lowest BCUT2D eigenvalue weighted by Gasteiger charge is -2.30. The van der Waals surface area contributed by atoms with Crippen LogP contribution >= 0.6 is 56.5 Å². The number of aromatic nitrogens is 1. The van der Waals surface area contributed by atoms with Gasteiger partial charge in [-0.1, -0.05) is 78.6 Å². The van der Waals surface area contributed by atoms with E-state index in [0.29, 0.717) is 11.1 Å². The van der Waals surface area contributed by atoms with Crippen molar-refractivity contribution in [1.82, 2.24) is 4.57 Å². The van der Waals surface area contributed by atoms with Crippen molar-refractivity contribution in [3.05, 3.63) is 134 Å². The Morgan fingerprint density at radius 3 is 2.54 bits per heavy atom. The van der Waals surface area contributed by atoms with Gasteiger partial charge in [-0.2, -0.15) is 0 Å². The van der Waals surface area contributed by atoms with Crippen molar-refractivity contribution in [2.45, 2.75) is 18.9 Å². The summed E-state index contributed by atoms with van der Waals surface area (Å²) in [5.41, 5.74) is 6.83. The van der Waals surface area contributed by atoms with Crippen LogP contribution in [-0.4, -0.2) is 11.2 Å². The highest BCUT2D eigenvalue weighted by Gasteiger charge is 2.32. The molecule has 3 aromatic carbocycles. The Bertz CT molecular complexity index is 1730. The summed E-state index contributed by atoms with van der Waals surface area (Å²) in [6, 6.07) is 22.8. The second kappa shape index (κ2) is 10.3. The molecule has 7 heteroatoms. The van der Waals surface area contributed by atoms with Crippen LogP contribution in [0.1, 0.15) is 34.7 Å². The van der Waals surface area contributed by atoms with E-state index in [1.165, 1.54) is 28.0 Å². The maximum atomic E-state index is 13.9. The second-order valence-corrected chi connectivity index (χ2v) is 12.3. The summed E-state index contributed by atoms with van der Waals surface area (Å²) in [6.07, 6.45) is 5.56. The number of halogens is 2. The Morgan fingerprint density at radius 1 is 1.05 bits per heavy atom. The molecule has 4 aromatic rings. The summed E-state index contributed by atoms with van der Waals surface area (Å²) < 4.78 is 10.4. The predicted molar refractivity (Wildman–Crippen MR) is 167 cm³/mol. The Labute approximate surface area is 246 Å². The zero-order chi connectivity index (χ0) is 25.5. The summed E-state index contributed by atoms with van der Waals surface area (Å²) in [6.45, 7) is 4.19. The number of benzene rings is 3. The van der Waals surface area contributed by atoms with Crippen molar-refractivity contribution in [1.29, 1.82) is 0 Å². The molecule has 6 rings (SSSR count). The van der Waals surface area contributed by atoms with Crippen molar-refractivity contribution in [2.75, 3.05) is 6.61 Å². The van der Waals surface area contributed by atoms with E-state index in [0.717, 1.165) is 47.4 Å². The molecular weight excluding hydrogens is 706 g/mol. The van der Waals surface area contributed by atoms with Gasteiger partial charge < -0.3 is 4.74 Å². The molecule has 1 aliphatic heterocycles. The van der Waals surface area contributed by atoms with Gasteiger partial charge in [-0.3, -0.25) is 9.36 Å². The molecule has 0 N–H and O–H groups in total. The minimum absolute atomic E-state index is 0.0000110. The summed E-state index contributed by atoms with van der Waals surface area (Å²) in [5, 5.41) is 0. The quantitative estimate of drug-likeness (QED) is 0.185. The SMILES string of the molecule is C=CCOc1c(I)cc(/C=c2\sc3n(c2=O)[C@H](c2ccccc2)C2=C(N=3)c3ccccc3CC2)cc1I. The van der Waals surface area contributed by atoms with E-state index >= 15 is 0 Å². The summed E-state index contributed by atoms with van der Waals surface area (Å²) >= 11 is 6.03. The number of hydrogen-bond acceptors (Lipinski definition) is 4. The first-order valence-corrected chi connectivity index (χ1v) is 14.9. The highest BCUT2D eigenvalue weighted by molar-refractivity contribution is 14.1. The lowest BCUT2D eigenvalue weighted by molar-refractivity contribution is 0.358. The fraction of sp³-hybridized carbons (Fsp3) is 0.133. The van der Waals surface area contributed by atoms with Crippen LogP contribution in [0.25, 0.3) is 11.8 Å². The molecule has 2 heterocycles. The highest BCUT2D eigenvalue weighted by Crippen LogP contribution is 2.41. The minimum Gasteiger partial charge on any atom is -0.487 e. The standard InChI is InChI=1S/C30H22I2N2O2S/c1-2-14-36-28-23(31)15-18(16-24(28)32)17-25-29(35)34-27(20-9-4-3-5-10-20)22-13-12-19-8-6-7-11-21(19)26(22)33-30(34)37-25/h2-11,15-17,27H,1,12-14H2/b25-17-/t27-/m1/s1. The van der Waals surface area contributed by atoms with Gasteiger partial charge in [0.05, 0.1) is 23.4 Å². The number of ether oxygens (including phenoxy) is 1. The molecule has 37 heavy (non-hydrogen) atoms. The smallest absolute Gasteiger partial charge is 0.271 e. The Hall–Kier alpha value is -2.50. The predicted octanol–water partition coefficient (Wildman–Crippen LogP) is 6.09. The number of rotatable bonds is 5. The topological polar surface area (TPSA) is 43.6 Å². The van der Waals surface area contributed by atoms with Crippen LogP contribution < -0.4 is 19.6 Å². The number of hydrogen-bond donors (Lipinski definition) is 0. The van der Waals surface area contributed by atoms with Crippen molar-refractivity contribution in [3.63, 3.8) is 0 Å². The maximum Gasteiger partial charge on any atom is 0.271 e. The molecule has 0 bridgehead atoms. The Balaban J connectivity index is 1.54. The number of aryl methyl sites for hydroxylation is 1. The van der Waals surface area contributed by atoms with Crippen molar-refractivity contribution >= 4 is 68.3 Å². The fourth-order valence-electron chi connectivity index (χ4n) is 5.05. The van der Waals surface area contributed by atoms with Crippen LogP contribution in [0.15, 0.2) is 94.7 Å². The molecule has 1 aromatic heterocycles. The first kappa shape index (κ1) is 24.8. The zero-order valence-electron chi connectivity index (χ0n) is 19.8. The molecule has 0 amide bonds. The van der Waals surface area contributed by atoms with Gasteiger partial charge in [0, 0.05) is 5.56 Å². The number of allylic oxidation sites excluding steroid dienone is 1. The molecular formula is C30H22I2N2O2S. The molecule has 0 spiro atoms. The largest absolute Gasteiger partial charge is 0.487 e. The van der Waals surface area contributed by atoms with E-state index in [1.807, 2.05) is 28.8 Å². The van der Waals surface area contributed by atoms with Gasteiger partial charge in [-0.05, 0) is 98.5 Å². The molecule has 184 valence electrons. The van der Waals surface area contributed by atoms with E-state index in [1.54, 1.807) is 6.08 Å². The lowest BCUT2D eigenvalue weighted by atomic mass is 9.83. The Kier molecular flexibility index (Phi) is 6.93. The van der Waals surface area contributed by atoms with Gasteiger partial charge in [0.15, 0.2) is 4.80 Å². The summed E-state index contributed by atoms with van der Waals surface area (Å²) in [5.74, 6) is 0.843. The van der Waals surface area contributed by atoms with Crippen molar-refractivity contribution in [3.8, 4) is 5.75 Å². The van der Waals surface area contributed by atoms with Crippen molar-refractivity contribution < 1.29 is 4.74 Å². The molecule has 0 saturated heterocycles. The number of fused-ring (bicyclic) bond motifs is 3. The lowest BCUT2D eigenvalue weighted by Crippen LogP contribution is -2.38. The third-order valence-corrected chi connectivity index (χ3v) is 9.24. The zero-order valence-corrected chi connectivity index (χ0v) is 24.9. The van der Waals surface area contributed by atoms with Crippen molar-refractivity contribution in [2.24, 2.45) is 4.99 Å². The van der Waals surface area contributed by atoms with Gasteiger partial charge >= 0.3 is 0 Å². The molecule has 1 atom stereocenters. The van der Waals surface area contributed by atoms with Gasteiger partial charge in [0.25, 0.3) is 5.56 Å². The first-order valence-electron chi connectivity index (χ1n) is 12.0. The maximum absolute atomic E-state index is 13.9. The highest BCUT2D eigenvalue weighted by atomic mass is 127. The van der Waals surface area contributed by atoms with E-state index in [2.05, 4.69) is 100 Å². The molecule has 2 aliphatic rings. The van der Waals surface area contributed by atoms with Gasteiger partial charge in [-0.25, -0.2) is 4.99 Å². The van der Waals surface area contributed by atoms with E-state index in [9.17, 15) is 4.79 Å². The minimum atomic E-state index is -0.155. The monoisotopic (exact) mass is 728 g/mol. The van der Waals surface area contributed by atoms with E-state index in [4.69, 9.17) is 9.73 Å². The average Bonchev–Trinajstić information content (AvgIpc) is 3.21. The van der Waals surface area contributed by atoms with Crippen LogP contribution in [0.5, 0.6) is 5.75 Å². The van der Waals surface area contributed by atoms with E-state index in [-0.39, 0.29) is 11.6 Å². The first-order chi connectivity index (χ1) is 18.0. The Morgan fingerprint density at radius 2 is 1.78 bits per heavy atom. The molecule has 0 unspecified atom stereocenters. The normalized spacial score (nSPS) is 16.5. The molecule has 0 radical (unpaired) electrons. The van der Waals surface area contributed by atoms with Crippen LogP contribution in [0.3, 0.4) is 0 Å². The van der Waals surface area contributed by atoms with Gasteiger partial charge in [0.2, 0.25) is 0 Å². The van der Waals surface area contributed by atoms with Crippen LogP contribution in [0.4, 0.5) is 0 Å². The molecule has 1 aliphatic carbocycles. The average molecular weight is 728 g/mol. The number of thiazole rings is 1. The third kappa shape index (κ3) is 4.55. The van der Waals surface area contributed by atoms with E-state index < -0.39 is 0 Å². The molecule has 0 fully saturated rings. The summed E-state index contributed by atoms with van der Waals surface area (Å²) in [7, 11) is 0. The van der Waals surface area contributed by atoms with Crippen LogP contribution in [0.2, 0.25) is 0 Å². The molecule has 4 nitrogen and oxygen atoms in total. The van der Waals surface area contributed by atoms with Gasteiger partial charge in [0.1, 0.15) is 12.4 Å². The van der Waals surface area contributed by atoms with Crippen LogP contribution in [0, 0.1) is 7.14 Å². The molecule has 0 saturated carbocycles. The van der Waals surface area contributed by atoms with Gasteiger partial charge in [-0.15, -0.1) is 0 Å². The third-order valence-electron chi connectivity index (χ3n) is 6.65. The number of nitrogens with zero attached hydrogens (tertiary/aromatic N) is 2. The fourth-order valence-corrected chi connectivity index (χ4v) is 8.18.